The smallest absolute Gasteiger partial charge is 0.126 e. The summed E-state index contributed by atoms with van der Waals surface area (Å²) < 4.78 is 19.6. The molecule has 0 spiro atoms. The maximum absolute atomic E-state index is 13.8. The van der Waals surface area contributed by atoms with Crippen LogP contribution in [0.4, 0.5) is 4.39 Å². The van der Waals surface area contributed by atoms with Gasteiger partial charge in [0.15, 0.2) is 0 Å². The second-order valence-corrected chi connectivity index (χ2v) is 5.99. The Morgan fingerprint density at radius 1 is 1.47 bits per heavy atom. The van der Waals surface area contributed by atoms with Crippen LogP contribution < -0.4 is 5.32 Å². The first-order valence-electron chi connectivity index (χ1n) is 6.97. The summed E-state index contributed by atoms with van der Waals surface area (Å²) in [5, 5.41) is 3.51. The lowest BCUT2D eigenvalue weighted by Crippen LogP contribution is -2.46. The molecule has 0 amide bonds. The molecule has 2 rings (SSSR count). The highest BCUT2D eigenvalue weighted by Crippen LogP contribution is 2.19. The Bertz CT molecular complexity index is 382. The minimum atomic E-state index is -0.116. The SMILES string of the molecule is CCCNC(Cc1ccccc1F)C1CSCCO1. The third kappa shape index (κ3) is 4.48. The van der Waals surface area contributed by atoms with E-state index >= 15 is 0 Å². The number of rotatable bonds is 6. The largest absolute Gasteiger partial charge is 0.375 e. The highest BCUT2D eigenvalue weighted by atomic mass is 32.2. The lowest BCUT2D eigenvalue weighted by Gasteiger charge is -2.31. The molecule has 0 aliphatic carbocycles. The molecule has 1 heterocycles. The van der Waals surface area contributed by atoms with Gasteiger partial charge in [0.1, 0.15) is 5.82 Å². The summed E-state index contributed by atoms with van der Waals surface area (Å²) in [4.78, 5) is 0. The number of benzene rings is 1. The van der Waals surface area contributed by atoms with Gasteiger partial charge in [-0.15, -0.1) is 0 Å². The first-order chi connectivity index (χ1) is 9.31. The zero-order valence-corrected chi connectivity index (χ0v) is 12.2. The molecule has 0 radical (unpaired) electrons. The minimum Gasteiger partial charge on any atom is -0.375 e. The molecule has 0 bridgehead atoms. The number of hydrogen-bond donors (Lipinski definition) is 1. The van der Waals surface area contributed by atoms with Crippen LogP contribution in [-0.2, 0) is 11.2 Å². The predicted octanol–water partition coefficient (Wildman–Crippen LogP) is 2.87. The Hall–Kier alpha value is -0.580. The van der Waals surface area contributed by atoms with Gasteiger partial charge in [-0.1, -0.05) is 25.1 Å². The second kappa shape index (κ2) is 7.88. The molecule has 106 valence electrons. The van der Waals surface area contributed by atoms with Crippen LogP contribution in [0.25, 0.3) is 0 Å². The maximum atomic E-state index is 13.8. The monoisotopic (exact) mass is 283 g/mol. The fourth-order valence-electron chi connectivity index (χ4n) is 2.30. The molecule has 1 saturated heterocycles. The molecule has 0 saturated carbocycles. The van der Waals surface area contributed by atoms with Gasteiger partial charge in [0.25, 0.3) is 0 Å². The molecule has 1 N–H and O–H groups in total. The topological polar surface area (TPSA) is 21.3 Å². The summed E-state index contributed by atoms with van der Waals surface area (Å²) in [5.41, 5.74) is 0.773. The quantitative estimate of drug-likeness (QED) is 0.867. The molecule has 1 aromatic carbocycles. The van der Waals surface area contributed by atoms with Gasteiger partial charge in [0, 0.05) is 17.5 Å². The number of nitrogens with one attached hydrogen (secondary N) is 1. The highest BCUT2D eigenvalue weighted by Gasteiger charge is 2.25. The number of hydrogen-bond acceptors (Lipinski definition) is 3. The summed E-state index contributed by atoms with van der Waals surface area (Å²) in [7, 11) is 0. The van der Waals surface area contributed by atoms with Crippen LogP contribution in [0.3, 0.4) is 0 Å². The second-order valence-electron chi connectivity index (χ2n) is 4.84. The van der Waals surface area contributed by atoms with Crippen LogP contribution in [0.5, 0.6) is 0 Å². The van der Waals surface area contributed by atoms with Crippen LogP contribution in [0.1, 0.15) is 18.9 Å². The lowest BCUT2D eigenvalue weighted by atomic mass is 10.0. The van der Waals surface area contributed by atoms with Crippen molar-refractivity contribution < 1.29 is 9.13 Å². The van der Waals surface area contributed by atoms with Crippen molar-refractivity contribution in [3.63, 3.8) is 0 Å². The van der Waals surface area contributed by atoms with Crippen LogP contribution in [0.2, 0.25) is 0 Å². The molecule has 1 fully saturated rings. The van der Waals surface area contributed by atoms with E-state index in [0.717, 1.165) is 36.6 Å². The van der Waals surface area contributed by atoms with Crippen molar-refractivity contribution in [2.24, 2.45) is 0 Å². The van der Waals surface area contributed by atoms with Gasteiger partial charge in [-0.25, -0.2) is 4.39 Å². The molecule has 2 nitrogen and oxygen atoms in total. The van der Waals surface area contributed by atoms with E-state index in [0.29, 0.717) is 6.42 Å². The number of ether oxygens (including phenoxy) is 1. The molecule has 1 aromatic rings. The van der Waals surface area contributed by atoms with E-state index in [9.17, 15) is 4.39 Å². The standard InChI is InChI=1S/C15H22FNOS/c1-2-7-17-14(15-11-19-9-8-18-15)10-12-5-3-4-6-13(12)16/h3-6,14-15,17H,2,7-11H2,1H3. The van der Waals surface area contributed by atoms with E-state index in [1.54, 1.807) is 6.07 Å². The predicted molar refractivity (Wildman–Crippen MR) is 79.3 cm³/mol. The summed E-state index contributed by atoms with van der Waals surface area (Å²) in [5.74, 6) is 1.95. The average molecular weight is 283 g/mol. The fourth-order valence-corrected chi connectivity index (χ4v) is 3.25. The molecule has 0 aromatic heterocycles. The summed E-state index contributed by atoms with van der Waals surface area (Å²) in [6.45, 7) is 3.89. The van der Waals surface area contributed by atoms with Crippen molar-refractivity contribution >= 4 is 11.8 Å². The van der Waals surface area contributed by atoms with Crippen molar-refractivity contribution in [3.05, 3.63) is 35.6 Å². The van der Waals surface area contributed by atoms with Crippen LogP contribution in [0.15, 0.2) is 24.3 Å². The molecule has 2 atom stereocenters. The zero-order chi connectivity index (χ0) is 13.5. The van der Waals surface area contributed by atoms with Gasteiger partial charge in [0.2, 0.25) is 0 Å². The minimum absolute atomic E-state index is 0.116. The number of halogens is 1. The van der Waals surface area contributed by atoms with Gasteiger partial charge in [-0.3, -0.25) is 0 Å². The molecular weight excluding hydrogens is 261 g/mol. The Morgan fingerprint density at radius 3 is 3.00 bits per heavy atom. The molecule has 4 heteroatoms. The third-order valence-corrected chi connectivity index (χ3v) is 4.36. The van der Waals surface area contributed by atoms with E-state index in [1.165, 1.54) is 6.07 Å². The van der Waals surface area contributed by atoms with Crippen LogP contribution in [-0.4, -0.2) is 36.8 Å². The Morgan fingerprint density at radius 2 is 2.32 bits per heavy atom. The van der Waals surface area contributed by atoms with Crippen molar-refractivity contribution in [2.75, 3.05) is 24.7 Å². The summed E-state index contributed by atoms with van der Waals surface area (Å²) in [6, 6.07) is 7.23. The van der Waals surface area contributed by atoms with E-state index in [-0.39, 0.29) is 18.0 Å². The zero-order valence-electron chi connectivity index (χ0n) is 11.4. The van der Waals surface area contributed by atoms with Crippen LogP contribution in [0, 0.1) is 5.82 Å². The maximum Gasteiger partial charge on any atom is 0.126 e. The lowest BCUT2D eigenvalue weighted by molar-refractivity contribution is 0.0470. The average Bonchev–Trinajstić information content (AvgIpc) is 2.46. The fraction of sp³-hybridized carbons (Fsp3) is 0.600. The number of thioether (sulfide) groups is 1. The first-order valence-corrected chi connectivity index (χ1v) is 8.13. The van der Waals surface area contributed by atoms with Gasteiger partial charge < -0.3 is 10.1 Å². The normalized spacial score (nSPS) is 21.3. The van der Waals surface area contributed by atoms with E-state index in [2.05, 4.69) is 12.2 Å². The summed E-state index contributed by atoms with van der Waals surface area (Å²) in [6.07, 6.45) is 1.95. The highest BCUT2D eigenvalue weighted by molar-refractivity contribution is 7.99. The first kappa shape index (κ1) is 14.8. The van der Waals surface area contributed by atoms with Crippen molar-refractivity contribution in [3.8, 4) is 0 Å². The van der Waals surface area contributed by atoms with Gasteiger partial charge in [0.05, 0.1) is 12.7 Å². The van der Waals surface area contributed by atoms with E-state index < -0.39 is 0 Å². The third-order valence-electron chi connectivity index (χ3n) is 3.34. The van der Waals surface area contributed by atoms with Crippen LogP contribution >= 0.6 is 11.8 Å². The Labute approximate surface area is 119 Å². The summed E-state index contributed by atoms with van der Waals surface area (Å²) >= 11 is 1.92. The van der Waals surface area contributed by atoms with Gasteiger partial charge >= 0.3 is 0 Å². The molecule has 2 unspecified atom stereocenters. The van der Waals surface area contributed by atoms with Gasteiger partial charge in [-0.2, -0.15) is 11.8 Å². The Kier molecular flexibility index (Phi) is 6.14. The molecular formula is C15H22FNOS. The van der Waals surface area contributed by atoms with Gasteiger partial charge in [-0.05, 0) is 31.0 Å². The molecule has 1 aliphatic heterocycles. The molecule has 1 aliphatic rings. The van der Waals surface area contributed by atoms with E-state index in [4.69, 9.17) is 4.74 Å². The van der Waals surface area contributed by atoms with Crippen molar-refractivity contribution in [1.82, 2.24) is 5.32 Å². The Balaban J connectivity index is 2.02. The molecule has 19 heavy (non-hydrogen) atoms. The van der Waals surface area contributed by atoms with Crippen molar-refractivity contribution in [2.45, 2.75) is 31.9 Å². The van der Waals surface area contributed by atoms with E-state index in [1.807, 2.05) is 23.9 Å². The van der Waals surface area contributed by atoms with Crippen molar-refractivity contribution in [1.29, 1.82) is 0 Å².